The van der Waals surface area contributed by atoms with Crippen molar-refractivity contribution >= 4 is 19.8 Å². The summed E-state index contributed by atoms with van der Waals surface area (Å²) >= 11 is 0. The Morgan fingerprint density at radius 3 is 1.59 bits per heavy atom. The van der Waals surface area contributed by atoms with Gasteiger partial charge in [-0.1, -0.05) is 149 Å². The Balaban J connectivity index is 4.44. The summed E-state index contributed by atoms with van der Waals surface area (Å²) in [5.41, 5.74) is 5.33. The fourth-order valence-electron chi connectivity index (χ4n) is 4.98. The Kier molecular flexibility index (Phi) is 39.4. The number of allylic oxidation sites excluding steroid dienone is 17. The number of rotatable bonds is 38. The molecule has 4 N–H and O–H groups in total. The van der Waals surface area contributed by atoms with E-state index in [0.717, 1.165) is 64.2 Å². The lowest BCUT2D eigenvalue weighted by Crippen LogP contribution is -2.29. The van der Waals surface area contributed by atoms with E-state index < -0.39 is 32.5 Å². The van der Waals surface area contributed by atoms with Crippen LogP contribution in [0.5, 0.6) is 0 Å². The highest BCUT2D eigenvalue weighted by Crippen LogP contribution is 2.43. The number of hydrogen-bond acceptors (Lipinski definition) is 9. The van der Waals surface area contributed by atoms with Crippen LogP contribution in [0.1, 0.15) is 136 Å². The van der Waals surface area contributed by atoms with Crippen molar-refractivity contribution in [3.05, 3.63) is 109 Å². The van der Waals surface area contributed by atoms with Gasteiger partial charge in [0.15, 0.2) is 6.10 Å². The second-order valence-electron chi connectivity index (χ2n) is 13.7. The van der Waals surface area contributed by atoms with Crippen LogP contribution in [-0.4, -0.2) is 60.5 Å². The number of esters is 2. The van der Waals surface area contributed by atoms with E-state index in [2.05, 4.69) is 86.8 Å². The van der Waals surface area contributed by atoms with Gasteiger partial charge in [0, 0.05) is 19.4 Å². The fourth-order valence-corrected chi connectivity index (χ4v) is 5.74. The zero-order chi connectivity index (χ0) is 42.6. The Morgan fingerprint density at radius 1 is 0.586 bits per heavy atom. The van der Waals surface area contributed by atoms with Crippen LogP contribution in [0.2, 0.25) is 0 Å². The minimum absolute atomic E-state index is 0.0223. The van der Waals surface area contributed by atoms with Gasteiger partial charge >= 0.3 is 19.8 Å². The maximum Gasteiger partial charge on any atom is 0.472 e. The lowest BCUT2D eigenvalue weighted by Gasteiger charge is -2.19. The Morgan fingerprint density at radius 2 is 1.07 bits per heavy atom. The molecule has 0 bridgehead atoms. The number of nitrogens with two attached hydrogens (primary N) is 1. The Labute approximate surface area is 351 Å². The summed E-state index contributed by atoms with van der Waals surface area (Å²) in [6, 6.07) is 0. The normalized spacial score (nSPS) is 14.9. The number of ether oxygens (including phenoxy) is 2. The summed E-state index contributed by atoms with van der Waals surface area (Å²) in [5, 5.41) is 9.81. The van der Waals surface area contributed by atoms with Gasteiger partial charge in [-0.05, 0) is 83.5 Å². The predicted molar refractivity (Wildman–Crippen MR) is 239 cm³/mol. The Hall–Kier alpha value is -3.37. The molecule has 0 spiro atoms. The third-order valence-corrected chi connectivity index (χ3v) is 9.20. The van der Waals surface area contributed by atoms with Crippen LogP contribution in [-0.2, 0) is 32.7 Å². The number of aliphatic hydroxyl groups is 1. The first-order chi connectivity index (χ1) is 28.2. The van der Waals surface area contributed by atoms with Gasteiger partial charge in [-0.25, -0.2) is 4.57 Å². The molecular weight excluding hydrogens is 753 g/mol. The topological polar surface area (TPSA) is 155 Å². The highest BCUT2D eigenvalue weighted by molar-refractivity contribution is 7.47. The molecule has 1 unspecified atom stereocenters. The Bertz CT molecular complexity index is 1330. The zero-order valence-electron chi connectivity index (χ0n) is 35.6. The second kappa shape index (κ2) is 41.8. The van der Waals surface area contributed by atoms with E-state index >= 15 is 0 Å². The SMILES string of the molecule is CCCCC/C=C\C/C=C\C/C=C\C/C=C\C/C=C\CCC(=O)O[C@H](COC(=O)CCC/C=C\C/C=C\C/C=C\C/C=C\[C@@H](O)CCCC)COP(=O)(O)OCCN. The molecule has 0 radical (unpaired) electrons. The van der Waals surface area contributed by atoms with Crippen molar-refractivity contribution in [3.8, 4) is 0 Å². The molecule has 0 aliphatic heterocycles. The van der Waals surface area contributed by atoms with Crippen LogP contribution >= 0.6 is 7.82 Å². The van der Waals surface area contributed by atoms with E-state index in [0.29, 0.717) is 19.3 Å². The molecular formula is C47H76NO9P. The summed E-state index contributed by atoms with van der Waals surface area (Å²) in [4.78, 5) is 34.8. The monoisotopic (exact) mass is 830 g/mol. The molecule has 0 heterocycles. The molecule has 0 saturated heterocycles. The van der Waals surface area contributed by atoms with Gasteiger partial charge in [0.05, 0.1) is 19.3 Å². The maximum absolute atomic E-state index is 12.5. The molecule has 0 fully saturated rings. The van der Waals surface area contributed by atoms with Crippen molar-refractivity contribution in [2.75, 3.05) is 26.4 Å². The van der Waals surface area contributed by atoms with Gasteiger partial charge in [-0.3, -0.25) is 18.6 Å². The van der Waals surface area contributed by atoms with Gasteiger partial charge in [-0.2, -0.15) is 0 Å². The zero-order valence-corrected chi connectivity index (χ0v) is 36.5. The largest absolute Gasteiger partial charge is 0.472 e. The summed E-state index contributed by atoms with van der Waals surface area (Å²) in [5.74, 6) is -1.03. The minimum Gasteiger partial charge on any atom is -0.462 e. The predicted octanol–water partition coefficient (Wildman–Crippen LogP) is 11.4. The molecule has 0 aromatic rings. The number of carbonyl (C=O) groups is 2. The summed E-state index contributed by atoms with van der Waals surface area (Å²) in [7, 11) is -4.43. The van der Waals surface area contributed by atoms with Crippen LogP contribution < -0.4 is 5.73 Å². The van der Waals surface area contributed by atoms with Crippen molar-refractivity contribution in [1.29, 1.82) is 0 Å². The first-order valence-corrected chi connectivity index (χ1v) is 22.9. The fraction of sp³-hybridized carbons (Fsp3) is 0.574. The third kappa shape index (κ3) is 40.8. The van der Waals surface area contributed by atoms with Crippen LogP contribution in [0.3, 0.4) is 0 Å². The van der Waals surface area contributed by atoms with Gasteiger partial charge < -0.3 is 25.2 Å². The van der Waals surface area contributed by atoms with Crippen LogP contribution in [0, 0.1) is 0 Å². The van der Waals surface area contributed by atoms with E-state index in [1.807, 2.05) is 36.5 Å². The van der Waals surface area contributed by atoms with Crippen molar-refractivity contribution in [2.45, 2.75) is 148 Å². The molecule has 328 valence electrons. The van der Waals surface area contributed by atoms with Crippen LogP contribution in [0.15, 0.2) is 109 Å². The minimum atomic E-state index is -4.43. The molecule has 0 rings (SSSR count). The summed E-state index contributed by atoms with van der Waals surface area (Å²) < 4.78 is 32.6. The van der Waals surface area contributed by atoms with E-state index in [1.54, 1.807) is 0 Å². The molecule has 3 atom stereocenters. The van der Waals surface area contributed by atoms with E-state index in [1.165, 1.54) is 25.7 Å². The number of unbranched alkanes of at least 4 members (excludes halogenated alkanes) is 5. The van der Waals surface area contributed by atoms with Crippen molar-refractivity contribution in [2.24, 2.45) is 5.73 Å². The number of phosphoric acid groups is 1. The number of aliphatic hydroxyl groups excluding tert-OH is 1. The standard InChI is InChI=1S/C47H76NO9P/c1-3-5-7-8-9-10-11-12-13-14-15-16-17-18-23-26-29-32-35-39-47(51)57-45(43-56-58(52,53)55-41-40-48)42-54-46(50)38-34-31-28-25-22-20-19-21-24-27-30-33-37-44(49)36-6-4-2/h9-10,12-13,15-16,18-20,23-25,27-29,32-33,37,44-45,49H,3-8,11,14,17,21-22,26,30-31,34-36,38-43,48H2,1-2H3,(H,52,53)/b10-9-,13-12-,16-15-,20-19-,23-18-,27-24-,28-25-,32-29-,37-33-/t44-,45+/m0/s1. The first-order valence-electron chi connectivity index (χ1n) is 21.5. The molecule has 0 aromatic carbocycles. The number of hydrogen-bond donors (Lipinski definition) is 3. The van der Waals surface area contributed by atoms with Crippen molar-refractivity contribution in [3.63, 3.8) is 0 Å². The average Bonchev–Trinajstić information content (AvgIpc) is 3.21. The van der Waals surface area contributed by atoms with Gasteiger partial charge in [0.25, 0.3) is 0 Å². The lowest BCUT2D eigenvalue weighted by molar-refractivity contribution is -0.161. The van der Waals surface area contributed by atoms with Crippen LogP contribution in [0.4, 0.5) is 0 Å². The van der Waals surface area contributed by atoms with E-state index in [-0.39, 0.29) is 38.7 Å². The molecule has 0 amide bonds. The van der Waals surface area contributed by atoms with Gasteiger partial charge in [-0.15, -0.1) is 0 Å². The summed E-state index contributed by atoms with van der Waals surface area (Å²) in [6.07, 6.45) is 51.9. The van der Waals surface area contributed by atoms with E-state index in [9.17, 15) is 24.2 Å². The maximum atomic E-state index is 12.5. The number of phosphoric ester groups is 1. The molecule has 58 heavy (non-hydrogen) atoms. The molecule has 11 heteroatoms. The highest BCUT2D eigenvalue weighted by Gasteiger charge is 2.25. The van der Waals surface area contributed by atoms with Gasteiger partial charge in [0.2, 0.25) is 0 Å². The van der Waals surface area contributed by atoms with Gasteiger partial charge in [0.1, 0.15) is 6.61 Å². The van der Waals surface area contributed by atoms with Crippen LogP contribution in [0.25, 0.3) is 0 Å². The van der Waals surface area contributed by atoms with Crippen molar-refractivity contribution in [1.82, 2.24) is 0 Å². The molecule has 0 saturated carbocycles. The second-order valence-corrected chi connectivity index (χ2v) is 15.1. The molecule has 10 nitrogen and oxygen atoms in total. The molecule has 0 aromatic heterocycles. The smallest absolute Gasteiger partial charge is 0.462 e. The van der Waals surface area contributed by atoms with E-state index in [4.69, 9.17) is 24.3 Å². The summed E-state index contributed by atoms with van der Waals surface area (Å²) in [6.45, 7) is 3.35. The lowest BCUT2D eigenvalue weighted by atomic mass is 10.1. The quantitative estimate of drug-likeness (QED) is 0.0237. The first kappa shape index (κ1) is 54.6. The molecule has 0 aliphatic carbocycles. The average molecular weight is 830 g/mol. The third-order valence-electron chi connectivity index (χ3n) is 8.22. The molecule has 0 aliphatic rings. The highest BCUT2D eigenvalue weighted by atomic mass is 31.2. The van der Waals surface area contributed by atoms with Crippen molar-refractivity contribution < 1.29 is 42.7 Å². The number of carbonyl (C=O) groups excluding carboxylic acids is 2.